The van der Waals surface area contributed by atoms with E-state index in [-0.39, 0.29) is 43.2 Å². The summed E-state index contributed by atoms with van der Waals surface area (Å²) in [5.41, 5.74) is 0.870. The number of rotatable bonds is 6. The van der Waals surface area contributed by atoms with Crippen molar-refractivity contribution in [2.24, 2.45) is 11.8 Å². The molecule has 1 aromatic carbocycles. The number of nitrogens with one attached hydrogen (secondary N) is 5. The first kappa shape index (κ1) is 32.0. The van der Waals surface area contributed by atoms with Gasteiger partial charge >= 0.3 is 0 Å². The summed E-state index contributed by atoms with van der Waals surface area (Å²) in [4.78, 5) is 68.3. The molecule has 41 heavy (non-hydrogen) atoms. The second kappa shape index (κ2) is 15.5. The van der Waals surface area contributed by atoms with Crippen molar-refractivity contribution >= 4 is 29.5 Å². The number of amides is 5. The molecule has 0 unspecified atom stereocenters. The van der Waals surface area contributed by atoms with Crippen molar-refractivity contribution in [3.63, 3.8) is 0 Å². The highest BCUT2D eigenvalue weighted by Crippen LogP contribution is 2.16. The van der Waals surface area contributed by atoms with Crippen molar-refractivity contribution in [2.75, 3.05) is 26.2 Å². The Balaban J connectivity index is 1.93. The van der Waals surface area contributed by atoms with Crippen molar-refractivity contribution in [3.8, 4) is 0 Å². The molecule has 0 aromatic heterocycles. The third-order valence-electron chi connectivity index (χ3n) is 7.64. The van der Waals surface area contributed by atoms with Crippen molar-refractivity contribution < 1.29 is 24.0 Å². The van der Waals surface area contributed by atoms with Gasteiger partial charge in [0.2, 0.25) is 29.5 Å². The van der Waals surface area contributed by atoms with Crippen LogP contribution in [0.25, 0.3) is 0 Å². The van der Waals surface area contributed by atoms with Crippen LogP contribution in [0.2, 0.25) is 0 Å². The Morgan fingerprint density at radius 3 is 2.17 bits per heavy atom. The zero-order chi connectivity index (χ0) is 29.9. The van der Waals surface area contributed by atoms with E-state index in [4.69, 9.17) is 0 Å². The first-order valence-electron chi connectivity index (χ1n) is 14.8. The first-order chi connectivity index (χ1) is 19.6. The summed E-state index contributed by atoms with van der Waals surface area (Å²) < 4.78 is 0. The van der Waals surface area contributed by atoms with E-state index >= 15 is 0 Å². The minimum atomic E-state index is -0.923. The standard InChI is InChI=1S/C30H46N6O5/c1-5-23-17-36(30(41)22-11-13-31-14-12-22)18-26(37)32-20(4)27(38)34-24(15-19(2)3)29(40)35-25(28(39)33-23)16-21-9-7-6-8-10-21/h6-10,19-20,22-25,31H,5,11-18H2,1-4H3,(H,32,37)(H,33,39)(H,34,38)(H,35,40)/t20-,23+,24+,25+/m1/s1. The van der Waals surface area contributed by atoms with Crippen molar-refractivity contribution in [2.45, 2.75) is 84.0 Å². The number of hydrogen-bond acceptors (Lipinski definition) is 6. The molecule has 2 fully saturated rings. The molecular formula is C30H46N6O5. The number of benzene rings is 1. The molecule has 2 aliphatic rings. The Morgan fingerprint density at radius 2 is 1.54 bits per heavy atom. The molecule has 1 aromatic rings. The fourth-order valence-electron chi connectivity index (χ4n) is 5.26. The topological polar surface area (TPSA) is 149 Å². The van der Waals surface area contributed by atoms with Gasteiger partial charge < -0.3 is 31.5 Å². The number of hydrogen-bond donors (Lipinski definition) is 5. The average Bonchev–Trinajstić information content (AvgIpc) is 2.95. The highest BCUT2D eigenvalue weighted by atomic mass is 16.2. The third kappa shape index (κ3) is 9.84. The molecule has 2 saturated heterocycles. The van der Waals surface area contributed by atoms with Crippen LogP contribution in [0.3, 0.4) is 0 Å². The Morgan fingerprint density at radius 1 is 0.902 bits per heavy atom. The van der Waals surface area contributed by atoms with Gasteiger partial charge in [-0.3, -0.25) is 24.0 Å². The van der Waals surface area contributed by atoms with Gasteiger partial charge in [-0.2, -0.15) is 0 Å². The Kier molecular flexibility index (Phi) is 12.1. The van der Waals surface area contributed by atoms with Crippen LogP contribution >= 0.6 is 0 Å². The van der Waals surface area contributed by atoms with Crippen LogP contribution in [0.5, 0.6) is 0 Å². The van der Waals surface area contributed by atoms with Gasteiger partial charge in [-0.1, -0.05) is 51.1 Å². The Labute approximate surface area is 242 Å². The summed E-state index contributed by atoms with van der Waals surface area (Å²) >= 11 is 0. The van der Waals surface area contributed by atoms with Crippen LogP contribution in [0.4, 0.5) is 0 Å². The second-order valence-electron chi connectivity index (χ2n) is 11.6. The fraction of sp³-hybridized carbons (Fsp3) is 0.633. The highest BCUT2D eigenvalue weighted by molar-refractivity contribution is 5.95. The van der Waals surface area contributed by atoms with E-state index in [1.807, 2.05) is 51.1 Å². The van der Waals surface area contributed by atoms with Crippen LogP contribution < -0.4 is 26.6 Å². The zero-order valence-corrected chi connectivity index (χ0v) is 24.7. The molecular weight excluding hydrogens is 524 g/mol. The molecule has 4 atom stereocenters. The average molecular weight is 571 g/mol. The Hall–Kier alpha value is -3.47. The minimum absolute atomic E-state index is 0.0819. The summed E-state index contributed by atoms with van der Waals surface area (Å²) in [5.74, 6) is -2.11. The molecule has 0 saturated carbocycles. The third-order valence-corrected chi connectivity index (χ3v) is 7.64. The molecule has 11 nitrogen and oxygen atoms in total. The van der Waals surface area contributed by atoms with Crippen molar-refractivity contribution in [3.05, 3.63) is 35.9 Å². The van der Waals surface area contributed by atoms with E-state index in [2.05, 4.69) is 26.6 Å². The maximum atomic E-state index is 13.7. The van der Waals surface area contributed by atoms with Crippen molar-refractivity contribution in [1.29, 1.82) is 0 Å². The maximum Gasteiger partial charge on any atom is 0.243 e. The lowest BCUT2D eigenvalue weighted by atomic mass is 9.96. The molecule has 0 radical (unpaired) electrons. The number of carbonyl (C=O) groups excluding carboxylic acids is 5. The highest BCUT2D eigenvalue weighted by Gasteiger charge is 2.33. The van der Waals surface area contributed by atoms with Gasteiger partial charge in [-0.05, 0) is 57.2 Å². The van der Waals surface area contributed by atoms with E-state index in [1.165, 1.54) is 4.90 Å². The van der Waals surface area contributed by atoms with Crippen LogP contribution in [0.15, 0.2) is 30.3 Å². The quantitative estimate of drug-likeness (QED) is 0.336. The summed E-state index contributed by atoms with van der Waals surface area (Å²) in [6.07, 6.45) is 2.46. The summed E-state index contributed by atoms with van der Waals surface area (Å²) in [6, 6.07) is 6.24. The van der Waals surface area contributed by atoms with E-state index in [1.54, 1.807) is 6.92 Å². The SMILES string of the molecule is CC[C@H]1CN(C(=O)C2CCNCC2)CC(=O)N[C@H](C)C(=O)N[C@@H](CC(C)C)C(=O)N[C@@H](Cc2ccccc2)C(=O)N1. The van der Waals surface area contributed by atoms with Gasteiger partial charge in [0, 0.05) is 24.9 Å². The lowest BCUT2D eigenvalue weighted by Crippen LogP contribution is -2.57. The number of carbonyl (C=O) groups is 5. The van der Waals surface area contributed by atoms with Gasteiger partial charge in [0.05, 0.1) is 6.54 Å². The molecule has 2 aliphatic heterocycles. The normalized spacial score (nSPS) is 25.8. The molecule has 226 valence electrons. The predicted octanol–water partition coefficient (Wildman–Crippen LogP) is 0.486. The predicted molar refractivity (Wildman–Crippen MR) is 155 cm³/mol. The molecule has 0 bridgehead atoms. The van der Waals surface area contributed by atoms with E-state index in [9.17, 15) is 24.0 Å². The van der Waals surface area contributed by atoms with Gasteiger partial charge in [0.1, 0.15) is 18.1 Å². The van der Waals surface area contributed by atoms with E-state index in [0.29, 0.717) is 25.7 Å². The van der Waals surface area contributed by atoms with Crippen LogP contribution in [0.1, 0.15) is 58.9 Å². The maximum absolute atomic E-state index is 13.7. The monoisotopic (exact) mass is 570 g/mol. The molecule has 0 aliphatic carbocycles. The van der Waals surface area contributed by atoms with E-state index < -0.39 is 41.9 Å². The number of nitrogens with zero attached hydrogens (tertiary/aromatic N) is 1. The van der Waals surface area contributed by atoms with Crippen LogP contribution in [0, 0.1) is 11.8 Å². The largest absolute Gasteiger partial charge is 0.350 e. The molecule has 0 spiro atoms. The molecule has 2 heterocycles. The van der Waals surface area contributed by atoms with Gasteiger partial charge in [0.15, 0.2) is 0 Å². The Bertz CT molecular complexity index is 1060. The van der Waals surface area contributed by atoms with Gasteiger partial charge in [-0.25, -0.2) is 0 Å². The van der Waals surface area contributed by atoms with E-state index in [0.717, 1.165) is 18.7 Å². The summed E-state index contributed by atoms with van der Waals surface area (Å²) in [5, 5.41) is 14.6. The molecule has 3 rings (SSSR count). The minimum Gasteiger partial charge on any atom is -0.350 e. The van der Waals surface area contributed by atoms with Crippen molar-refractivity contribution in [1.82, 2.24) is 31.5 Å². The number of piperidine rings is 1. The zero-order valence-electron chi connectivity index (χ0n) is 24.7. The first-order valence-corrected chi connectivity index (χ1v) is 14.8. The summed E-state index contributed by atoms with van der Waals surface area (Å²) in [6.45, 7) is 8.68. The molecule has 5 N–H and O–H groups in total. The summed E-state index contributed by atoms with van der Waals surface area (Å²) in [7, 11) is 0. The van der Waals surface area contributed by atoms with Crippen LogP contribution in [-0.2, 0) is 30.4 Å². The second-order valence-corrected chi connectivity index (χ2v) is 11.6. The smallest absolute Gasteiger partial charge is 0.243 e. The van der Waals surface area contributed by atoms with Gasteiger partial charge in [0.25, 0.3) is 0 Å². The lowest BCUT2D eigenvalue weighted by molar-refractivity contribution is -0.141. The fourth-order valence-corrected chi connectivity index (χ4v) is 5.26. The lowest BCUT2D eigenvalue weighted by Gasteiger charge is -2.32. The molecule has 11 heteroatoms. The van der Waals surface area contributed by atoms with Crippen LogP contribution in [-0.4, -0.2) is 84.8 Å². The molecule has 5 amide bonds. The van der Waals surface area contributed by atoms with Gasteiger partial charge in [-0.15, -0.1) is 0 Å².